The Morgan fingerprint density at radius 2 is 1.55 bits per heavy atom. The number of fused-ring (bicyclic) bond motifs is 1. The second-order valence-electron chi connectivity index (χ2n) is 6.81. The van der Waals surface area contributed by atoms with Crippen LogP contribution in [0.4, 0.5) is 27.8 Å². The van der Waals surface area contributed by atoms with Gasteiger partial charge in [-0.25, -0.2) is 13.8 Å². The molecule has 4 aromatic rings. The molecule has 0 aliphatic carbocycles. The molecular weight excluding hydrogens is 417 g/mol. The SMILES string of the molecule is O=C(Cc1ccc(C(F)(F)F)cc1)Nc1nc2ccc(F)cn2c1-c1ccc(F)cc1. The van der Waals surface area contributed by atoms with E-state index in [0.717, 1.165) is 12.1 Å². The number of pyridine rings is 1. The van der Waals surface area contributed by atoms with E-state index >= 15 is 0 Å². The van der Waals surface area contributed by atoms with Crippen molar-refractivity contribution in [3.63, 3.8) is 0 Å². The largest absolute Gasteiger partial charge is 0.416 e. The summed E-state index contributed by atoms with van der Waals surface area (Å²) in [4.78, 5) is 16.8. The Labute approximate surface area is 173 Å². The zero-order chi connectivity index (χ0) is 22.2. The van der Waals surface area contributed by atoms with Crippen LogP contribution in [0.1, 0.15) is 11.1 Å². The van der Waals surface area contributed by atoms with Gasteiger partial charge in [0.1, 0.15) is 17.3 Å². The molecule has 4 nitrogen and oxygen atoms in total. The number of aromatic nitrogens is 2. The minimum absolute atomic E-state index is 0.120. The van der Waals surface area contributed by atoms with Crippen molar-refractivity contribution < 1.29 is 26.7 Å². The fourth-order valence-electron chi connectivity index (χ4n) is 3.16. The molecular formula is C22H14F5N3O. The van der Waals surface area contributed by atoms with Gasteiger partial charge in [-0.2, -0.15) is 13.2 Å². The number of hydrogen-bond acceptors (Lipinski definition) is 2. The van der Waals surface area contributed by atoms with Crippen molar-refractivity contribution in [3.05, 3.63) is 89.6 Å². The van der Waals surface area contributed by atoms with Crippen molar-refractivity contribution in [1.29, 1.82) is 0 Å². The van der Waals surface area contributed by atoms with E-state index in [1.54, 1.807) is 0 Å². The molecule has 2 heterocycles. The highest BCUT2D eigenvalue weighted by Gasteiger charge is 2.30. The second kappa shape index (κ2) is 7.82. The maximum absolute atomic E-state index is 13.8. The lowest BCUT2D eigenvalue weighted by molar-refractivity contribution is -0.137. The predicted octanol–water partition coefficient (Wildman–Crippen LogP) is 5.48. The molecule has 0 saturated heterocycles. The molecule has 0 unspecified atom stereocenters. The van der Waals surface area contributed by atoms with Crippen molar-refractivity contribution in [3.8, 4) is 11.3 Å². The molecule has 0 atom stereocenters. The summed E-state index contributed by atoms with van der Waals surface area (Å²) in [6, 6.07) is 12.3. The second-order valence-corrected chi connectivity index (χ2v) is 6.81. The number of rotatable bonds is 4. The van der Waals surface area contributed by atoms with Gasteiger partial charge in [-0.1, -0.05) is 12.1 Å². The van der Waals surface area contributed by atoms with E-state index in [9.17, 15) is 26.7 Å². The van der Waals surface area contributed by atoms with E-state index < -0.39 is 29.3 Å². The number of imidazole rings is 1. The van der Waals surface area contributed by atoms with Gasteiger partial charge in [0, 0.05) is 11.8 Å². The van der Waals surface area contributed by atoms with Crippen molar-refractivity contribution in [2.24, 2.45) is 0 Å². The number of nitrogens with zero attached hydrogens (tertiary/aromatic N) is 2. The van der Waals surface area contributed by atoms with Crippen LogP contribution in [0.2, 0.25) is 0 Å². The average molecular weight is 431 g/mol. The summed E-state index contributed by atoms with van der Waals surface area (Å²) in [6.45, 7) is 0. The smallest absolute Gasteiger partial charge is 0.309 e. The monoisotopic (exact) mass is 431 g/mol. The van der Waals surface area contributed by atoms with Gasteiger partial charge in [-0.15, -0.1) is 0 Å². The fraction of sp³-hybridized carbons (Fsp3) is 0.0909. The Balaban J connectivity index is 1.64. The van der Waals surface area contributed by atoms with Gasteiger partial charge in [0.25, 0.3) is 0 Å². The molecule has 4 rings (SSSR count). The van der Waals surface area contributed by atoms with E-state index in [4.69, 9.17) is 0 Å². The van der Waals surface area contributed by atoms with Crippen LogP contribution in [0.15, 0.2) is 66.9 Å². The minimum atomic E-state index is -4.46. The quantitative estimate of drug-likeness (QED) is 0.435. The number of halogens is 5. The topological polar surface area (TPSA) is 46.4 Å². The fourth-order valence-corrected chi connectivity index (χ4v) is 3.16. The van der Waals surface area contributed by atoms with Crippen LogP contribution in [0, 0.1) is 11.6 Å². The molecule has 0 aliphatic heterocycles. The first kappa shape index (κ1) is 20.5. The molecule has 9 heteroatoms. The van der Waals surface area contributed by atoms with Crippen molar-refractivity contribution in [2.45, 2.75) is 12.6 Å². The van der Waals surface area contributed by atoms with E-state index in [-0.39, 0.29) is 12.2 Å². The molecule has 0 aliphatic rings. The third kappa shape index (κ3) is 4.40. The predicted molar refractivity (Wildman–Crippen MR) is 104 cm³/mol. The summed E-state index contributed by atoms with van der Waals surface area (Å²) in [7, 11) is 0. The Morgan fingerprint density at radius 1 is 0.903 bits per heavy atom. The highest BCUT2D eigenvalue weighted by molar-refractivity contribution is 5.95. The molecule has 1 amide bonds. The van der Waals surface area contributed by atoms with Gasteiger partial charge in [0.15, 0.2) is 5.82 Å². The van der Waals surface area contributed by atoms with Gasteiger partial charge in [0.05, 0.1) is 17.7 Å². The highest BCUT2D eigenvalue weighted by atomic mass is 19.4. The Hall–Kier alpha value is -3.75. The van der Waals surface area contributed by atoms with E-state index in [0.29, 0.717) is 22.5 Å². The van der Waals surface area contributed by atoms with E-state index in [1.807, 2.05) is 0 Å². The summed E-state index contributed by atoms with van der Waals surface area (Å²) in [5, 5.41) is 2.62. The molecule has 158 valence electrons. The van der Waals surface area contributed by atoms with Gasteiger partial charge in [-0.3, -0.25) is 9.20 Å². The van der Waals surface area contributed by atoms with Gasteiger partial charge in [-0.05, 0) is 54.1 Å². The summed E-state index contributed by atoms with van der Waals surface area (Å²) in [5.41, 5.74) is 0.756. The lowest BCUT2D eigenvalue weighted by atomic mass is 10.1. The first-order valence-electron chi connectivity index (χ1n) is 9.10. The summed E-state index contributed by atoms with van der Waals surface area (Å²) < 4.78 is 66.6. The number of anilines is 1. The number of carbonyl (C=O) groups is 1. The molecule has 0 fully saturated rings. The third-order valence-corrected chi connectivity index (χ3v) is 4.60. The standard InChI is InChI=1S/C22H14F5N3O/c23-16-7-3-14(4-8-16)20-21(28-18-10-9-17(24)12-30(18)20)29-19(31)11-13-1-5-15(6-2-13)22(25,26)27/h1-10,12H,11H2,(H,29,31). The lowest BCUT2D eigenvalue weighted by Crippen LogP contribution is -2.15. The van der Waals surface area contributed by atoms with Gasteiger partial charge >= 0.3 is 6.18 Å². The lowest BCUT2D eigenvalue weighted by Gasteiger charge is -2.09. The Bertz CT molecular complexity index is 1250. The maximum Gasteiger partial charge on any atom is 0.416 e. The van der Waals surface area contributed by atoms with Crippen LogP contribution in [-0.2, 0) is 17.4 Å². The Morgan fingerprint density at radius 3 is 2.19 bits per heavy atom. The van der Waals surface area contributed by atoms with E-state index in [2.05, 4.69) is 10.3 Å². The molecule has 0 spiro atoms. The van der Waals surface area contributed by atoms with Crippen LogP contribution >= 0.6 is 0 Å². The normalized spacial score (nSPS) is 11.6. The molecule has 1 N–H and O–H groups in total. The summed E-state index contributed by atoms with van der Waals surface area (Å²) in [6.07, 6.45) is -3.47. The van der Waals surface area contributed by atoms with Crippen LogP contribution in [0.3, 0.4) is 0 Å². The van der Waals surface area contributed by atoms with Crippen LogP contribution in [0.25, 0.3) is 16.9 Å². The molecule has 0 bridgehead atoms. The molecule has 2 aromatic heterocycles. The van der Waals surface area contributed by atoms with Gasteiger partial charge < -0.3 is 5.32 Å². The number of amides is 1. The highest BCUT2D eigenvalue weighted by Crippen LogP contribution is 2.31. The first-order chi connectivity index (χ1) is 14.7. The molecule has 0 radical (unpaired) electrons. The third-order valence-electron chi connectivity index (χ3n) is 4.60. The zero-order valence-corrected chi connectivity index (χ0v) is 15.8. The number of benzene rings is 2. The first-order valence-corrected chi connectivity index (χ1v) is 9.10. The average Bonchev–Trinajstić information content (AvgIpc) is 3.05. The van der Waals surface area contributed by atoms with Crippen molar-refractivity contribution >= 4 is 17.4 Å². The summed E-state index contributed by atoms with van der Waals surface area (Å²) >= 11 is 0. The van der Waals surface area contributed by atoms with Gasteiger partial charge in [0.2, 0.25) is 5.91 Å². The van der Waals surface area contributed by atoms with Crippen molar-refractivity contribution in [2.75, 3.05) is 5.32 Å². The Kier molecular flexibility index (Phi) is 5.18. The number of carbonyl (C=O) groups excluding carboxylic acids is 1. The van der Waals surface area contributed by atoms with Crippen molar-refractivity contribution in [1.82, 2.24) is 9.38 Å². The molecule has 0 saturated carbocycles. The summed E-state index contributed by atoms with van der Waals surface area (Å²) in [5.74, 6) is -1.39. The van der Waals surface area contributed by atoms with Crippen LogP contribution in [-0.4, -0.2) is 15.3 Å². The number of alkyl halides is 3. The number of hydrogen-bond donors (Lipinski definition) is 1. The number of nitrogens with one attached hydrogen (secondary N) is 1. The van der Waals surface area contributed by atoms with E-state index in [1.165, 1.54) is 59.1 Å². The zero-order valence-electron chi connectivity index (χ0n) is 15.8. The maximum atomic E-state index is 13.8. The van der Waals surface area contributed by atoms with Crippen LogP contribution < -0.4 is 5.32 Å². The molecule has 31 heavy (non-hydrogen) atoms. The minimum Gasteiger partial charge on any atom is -0.309 e. The van der Waals surface area contributed by atoms with Crippen LogP contribution in [0.5, 0.6) is 0 Å². The molecule has 2 aromatic carbocycles.